The highest BCUT2D eigenvalue weighted by Crippen LogP contribution is 2.37. The van der Waals surface area contributed by atoms with Crippen LogP contribution >= 0.6 is 0 Å². The summed E-state index contributed by atoms with van der Waals surface area (Å²) in [5.74, 6) is 1.37. The fraction of sp³-hybridized carbons (Fsp3) is 0.212. The lowest BCUT2D eigenvalue weighted by Crippen LogP contribution is -3.00. The van der Waals surface area contributed by atoms with Crippen LogP contribution in [0.25, 0.3) is 0 Å². The first-order valence-electron chi connectivity index (χ1n) is 13.1. The highest BCUT2D eigenvalue weighted by Gasteiger charge is 2.35. The Kier molecular flexibility index (Phi) is 8.28. The van der Waals surface area contributed by atoms with Gasteiger partial charge in [0.1, 0.15) is 6.54 Å². The van der Waals surface area contributed by atoms with Gasteiger partial charge in [-0.3, -0.25) is 4.79 Å². The first-order valence-corrected chi connectivity index (χ1v) is 13.1. The zero-order valence-electron chi connectivity index (χ0n) is 21.6. The van der Waals surface area contributed by atoms with Crippen LogP contribution in [0.15, 0.2) is 103 Å². The fourth-order valence-electron chi connectivity index (χ4n) is 5.35. The number of halogens is 1. The van der Waals surface area contributed by atoms with Gasteiger partial charge >= 0.3 is 5.97 Å². The second-order valence-electron chi connectivity index (χ2n) is 9.69. The summed E-state index contributed by atoms with van der Waals surface area (Å²) >= 11 is 0. The third-order valence-corrected chi connectivity index (χ3v) is 7.25. The largest absolute Gasteiger partial charge is 1.00 e. The first kappa shape index (κ1) is 26.5. The van der Waals surface area contributed by atoms with Gasteiger partial charge in [-0.05, 0) is 28.8 Å². The Bertz CT molecular complexity index is 1460. The molecule has 5 nitrogen and oxygen atoms in total. The number of esters is 1. The van der Waals surface area contributed by atoms with Crippen LogP contribution in [0.3, 0.4) is 0 Å². The predicted octanol–water partition coefficient (Wildman–Crippen LogP) is 2.55. The van der Waals surface area contributed by atoms with Crippen LogP contribution in [-0.4, -0.2) is 36.2 Å². The minimum absolute atomic E-state index is 0. The van der Waals surface area contributed by atoms with E-state index in [1.54, 1.807) is 0 Å². The molecule has 6 rings (SSSR count). The zero-order chi connectivity index (χ0) is 25.7. The number of carbonyl (C=O) groups is 1. The highest BCUT2D eigenvalue weighted by molar-refractivity contribution is 6.01. The van der Waals surface area contributed by atoms with E-state index in [0.29, 0.717) is 0 Å². The lowest BCUT2D eigenvalue weighted by Gasteiger charge is -2.25. The van der Waals surface area contributed by atoms with Gasteiger partial charge in [0.2, 0.25) is 12.8 Å². The number of carbonyl (C=O) groups excluding carboxylic acids is 1. The number of rotatable bonds is 8. The molecule has 39 heavy (non-hydrogen) atoms. The maximum Gasteiger partial charge on any atom is 0.310 e. The molecule has 2 aliphatic rings. The Balaban J connectivity index is 0.00000308. The van der Waals surface area contributed by atoms with Crippen molar-refractivity contribution in [3.63, 3.8) is 0 Å². The lowest BCUT2D eigenvalue weighted by molar-refractivity contribution is -0.576. The van der Waals surface area contributed by atoms with Crippen LogP contribution in [0.2, 0.25) is 0 Å². The molecule has 4 aromatic carbocycles. The smallest absolute Gasteiger partial charge is 0.310 e. The van der Waals surface area contributed by atoms with Gasteiger partial charge in [-0.2, -0.15) is 0 Å². The van der Waals surface area contributed by atoms with Crippen LogP contribution < -0.4 is 21.9 Å². The van der Waals surface area contributed by atoms with E-state index in [1.807, 2.05) is 54.6 Å². The number of hydrogen-bond acceptors (Lipinski definition) is 4. The molecule has 0 radical (unpaired) electrons. The van der Waals surface area contributed by atoms with Crippen LogP contribution in [0.1, 0.15) is 33.9 Å². The van der Waals surface area contributed by atoms with Crippen LogP contribution in [0.5, 0.6) is 11.5 Å². The maximum absolute atomic E-state index is 12.9. The molecule has 0 aromatic heterocycles. The molecule has 198 valence electrons. The van der Waals surface area contributed by atoms with E-state index in [9.17, 15) is 4.79 Å². The second kappa shape index (κ2) is 12.2. The number of fused-ring (bicyclic) bond motifs is 2. The second-order valence-corrected chi connectivity index (χ2v) is 9.69. The van der Waals surface area contributed by atoms with Crippen molar-refractivity contribution in [1.82, 2.24) is 0 Å². The Morgan fingerprint density at radius 3 is 2.13 bits per heavy atom. The molecule has 0 amide bonds. The summed E-state index contributed by atoms with van der Waals surface area (Å²) in [5.41, 5.74) is 6.92. The van der Waals surface area contributed by atoms with Gasteiger partial charge in [-0.25, -0.2) is 4.58 Å². The standard InChI is InChI=1S/C33H30NO4.ClH/c35-33(19-25-12-6-2-7-13-25)36-22-30(26-14-8-3-9-15-26)34-17-16-27-20-31-32(38-23-37-31)21-28(27)29(34)18-24-10-4-1-5-11-24;/h1-15,20-21,30H,16-19,22-23H2;1H/q+1;/p-1/t30-;/m1./s1. The van der Waals surface area contributed by atoms with E-state index in [4.69, 9.17) is 14.2 Å². The summed E-state index contributed by atoms with van der Waals surface area (Å²) in [6, 6.07) is 34.7. The molecule has 0 bridgehead atoms. The normalized spacial score (nSPS) is 14.3. The van der Waals surface area contributed by atoms with Gasteiger partial charge in [0.15, 0.2) is 23.8 Å². The molecule has 0 saturated carbocycles. The number of hydrogen-bond donors (Lipinski definition) is 0. The summed E-state index contributed by atoms with van der Waals surface area (Å²) in [4.78, 5) is 12.9. The molecule has 6 heteroatoms. The van der Waals surface area contributed by atoms with Gasteiger partial charge in [-0.1, -0.05) is 91.0 Å². The Hall–Kier alpha value is -4.09. The molecular weight excluding hydrogens is 510 g/mol. The molecule has 2 heterocycles. The molecule has 0 N–H and O–H groups in total. The van der Waals surface area contributed by atoms with E-state index < -0.39 is 0 Å². The fourth-order valence-corrected chi connectivity index (χ4v) is 5.35. The quantitative estimate of drug-likeness (QED) is 0.255. The molecule has 2 aliphatic heterocycles. The van der Waals surface area contributed by atoms with E-state index >= 15 is 0 Å². The maximum atomic E-state index is 12.9. The van der Waals surface area contributed by atoms with Crippen LogP contribution in [0.4, 0.5) is 0 Å². The molecule has 0 spiro atoms. The number of ether oxygens (including phenoxy) is 3. The average Bonchev–Trinajstić information content (AvgIpc) is 3.42. The van der Waals surface area contributed by atoms with Gasteiger partial charge in [0.05, 0.1) is 12.8 Å². The van der Waals surface area contributed by atoms with E-state index in [0.717, 1.165) is 42.0 Å². The highest BCUT2D eigenvalue weighted by atomic mass is 35.5. The monoisotopic (exact) mass is 539 g/mol. The summed E-state index contributed by atoms with van der Waals surface area (Å²) in [7, 11) is 0. The minimum Gasteiger partial charge on any atom is -1.00 e. The van der Waals surface area contributed by atoms with Crippen molar-refractivity contribution in [3.8, 4) is 11.5 Å². The van der Waals surface area contributed by atoms with Gasteiger partial charge in [-0.15, -0.1) is 0 Å². The van der Waals surface area contributed by atoms with Crippen molar-refractivity contribution in [1.29, 1.82) is 0 Å². The summed E-state index contributed by atoms with van der Waals surface area (Å²) in [5, 5.41) is 0. The molecule has 0 fully saturated rings. The van der Waals surface area contributed by atoms with Crippen molar-refractivity contribution in [2.45, 2.75) is 25.3 Å². The Morgan fingerprint density at radius 1 is 0.821 bits per heavy atom. The molecule has 0 saturated heterocycles. The Labute approximate surface area is 235 Å². The van der Waals surface area contributed by atoms with Crippen molar-refractivity contribution in [2.75, 3.05) is 19.9 Å². The molecule has 1 atom stereocenters. The number of benzene rings is 4. The Morgan fingerprint density at radius 2 is 1.44 bits per heavy atom. The zero-order valence-corrected chi connectivity index (χ0v) is 22.3. The number of nitrogens with zero attached hydrogens (tertiary/aromatic N) is 1. The first-order chi connectivity index (χ1) is 18.7. The van der Waals surface area contributed by atoms with Gasteiger partial charge < -0.3 is 26.6 Å². The van der Waals surface area contributed by atoms with Crippen molar-refractivity contribution in [3.05, 3.63) is 131 Å². The molecule has 4 aromatic rings. The van der Waals surface area contributed by atoms with Gasteiger partial charge in [0.25, 0.3) is 0 Å². The summed E-state index contributed by atoms with van der Waals surface area (Å²) < 4.78 is 19.8. The lowest BCUT2D eigenvalue weighted by atomic mass is 9.90. The predicted molar refractivity (Wildman–Crippen MR) is 146 cm³/mol. The van der Waals surface area contributed by atoms with Crippen molar-refractivity contribution < 1.29 is 36.0 Å². The van der Waals surface area contributed by atoms with Crippen LogP contribution in [0, 0.1) is 0 Å². The van der Waals surface area contributed by atoms with Crippen molar-refractivity contribution >= 4 is 11.7 Å². The third-order valence-electron chi connectivity index (χ3n) is 7.25. The minimum atomic E-state index is -0.220. The van der Waals surface area contributed by atoms with E-state index in [1.165, 1.54) is 22.4 Å². The topological polar surface area (TPSA) is 47.8 Å². The van der Waals surface area contributed by atoms with Crippen molar-refractivity contribution in [2.24, 2.45) is 0 Å². The third kappa shape index (κ3) is 5.99. The van der Waals surface area contributed by atoms with E-state index in [-0.39, 0.29) is 44.2 Å². The average molecular weight is 540 g/mol. The van der Waals surface area contributed by atoms with E-state index in [2.05, 4.69) is 53.1 Å². The van der Waals surface area contributed by atoms with Crippen LogP contribution in [-0.2, 0) is 28.8 Å². The summed E-state index contributed by atoms with van der Waals surface area (Å²) in [6.07, 6.45) is 1.88. The molecular formula is C33H30ClNO4. The molecule has 0 unspecified atom stereocenters. The summed E-state index contributed by atoms with van der Waals surface area (Å²) in [6.45, 7) is 1.33. The molecule has 0 aliphatic carbocycles. The van der Waals surface area contributed by atoms with Gasteiger partial charge in [0, 0.05) is 17.5 Å². The SMILES string of the molecule is O=C(Cc1ccccc1)OC[C@H](c1ccccc1)[N+]1=C(Cc2ccccc2)c2cc3c(cc2CC1)OCO3.[Cl-].